The minimum Gasteiger partial charge on any atom is -0.497 e. The molecule has 0 saturated heterocycles. The molecule has 5 rings (SSSR count). The second-order valence-corrected chi connectivity index (χ2v) is 8.52. The van der Waals surface area contributed by atoms with Gasteiger partial charge in [-0.25, -0.2) is 4.99 Å². The lowest BCUT2D eigenvalue weighted by molar-refractivity contribution is -0.140. The molecule has 2 aliphatic rings. The highest BCUT2D eigenvalue weighted by molar-refractivity contribution is 6.19. The maximum absolute atomic E-state index is 13.4. The number of carbonyl (C=O) groups is 1. The first-order valence-electron chi connectivity index (χ1n) is 10.9. The molecule has 3 aromatic carbocycles. The van der Waals surface area contributed by atoms with Crippen LogP contribution in [-0.2, 0) is 9.63 Å². The summed E-state index contributed by atoms with van der Waals surface area (Å²) in [6.07, 6.45) is 0. The van der Waals surface area contributed by atoms with Crippen molar-refractivity contribution < 1.29 is 14.4 Å². The Morgan fingerprint density at radius 2 is 1.64 bits per heavy atom. The maximum atomic E-state index is 13.4. The molecule has 6 nitrogen and oxygen atoms in total. The molecule has 0 bridgehead atoms. The van der Waals surface area contributed by atoms with Crippen LogP contribution in [0.3, 0.4) is 0 Å². The maximum Gasteiger partial charge on any atom is 0.319 e. The summed E-state index contributed by atoms with van der Waals surface area (Å²) in [6, 6.07) is 21.4. The quantitative estimate of drug-likeness (QED) is 0.654. The fraction of sp³-hybridized carbons (Fsp3) is 0.222. The molecule has 2 aliphatic heterocycles. The molecule has 3 aromatic rings. The average molecular weight is 440 g/mol. The third-order valence-electron chi connectivity index (χ3n) is 6.21. The van der Waals surface area contributed by atoms with E-state index in [9.17, 15) is 4.79 Å². The molecule has 33 heavy (non-hydrogen) atoms. The lowest BCUT2D eigenvalue weighted by atomic mass is 9.80. The highest BCUT2D eigenvalue weighted by atomic mass is 16.7. The van der Waals surface area contributed by atoms with E-state index in [0.717, 1.165) is 33.6 Å². The number of benzene rings is 3. The van der Waals surface area contributed by atoms with Gasteiger partial charge in [0, 0.05) is 11.1 Å². The van der Waals surface area contributed by atoms with Crippen molar-refractivity contribution in [1.29, 1.82) is 0 Å². The number of methoxy groups -OCH3 is 1. The number of oxime groups is 1. The zero-order valence-electron chi connectivity index (χ0n) is 19.0. The van der Waals surface area contributed by atoms with Crippen LogP contribution >= 0.6 is 0 Å². The number of carbonyl (C=O) groups excluding carboxylic acids is 1. The third kappa shape index (κ3) is 3.39. The molecule has 6 heteroatoms. The molecule has 2 heterocycles. The predicted octanol–water partition coefficient (Wildman–Crippen LogP) is 4.41. The minimum atomic E-state index is -1.52. The first-order chi connectivity index (χ1) is 15.9. The highest BCUT2D eigenvalue weighted by Gasteiger charge is 2.59. The van der Waals surface area contributed by atoms with E-state index >= 15 is 0 Å². The Morgan fingerprint density at radius 1 is 0.970 bits per heavy atom. The van der Waals surface area contributed by atoms with Crippen molar-refractivity contribution in [3.63, 3.8) is 0 Å². The van der Waals surface area contributed by atoms with E-state index in [2.05, 4.69) is 43.4 Å². The van der Waals surface area contributed by atoms with E-state index in [1.165, 1.54) is 5.56 Å². The Kier molecular flexibility index (Phi) is 5.01. The van der Waals surface area contributed by atoms with E-state index in [-0.39, 0.29) is 5.91 Å². The summed E-state index contributed by atoms with van der Waals surface area (Å²) < 4.78 is 5.34. The van der Waals surface area contributed by atoms with E-state index in [4.69, 9.17) is 14.6 Å². The predicted molar refractivity (Wildman–Crippen MR) is 128 cm³/mol. The molecule has 0 aliphatic carbocycles. The van der Waals surface area contributed by atoms with Crippen LogP contribution in [0, 0.1) is 20.8 Å². The summed E-state index contributed by atoms with van der Waals surface area (Å²) in [5, 5.41) is 7.41. The Morgan fingerprint density at radius 3 is 2.27 bits per heavy atom. The van der Waals surface area contributed by atoms with E-state index in [1.807, 2.05) is 54.6 Å². The largest absolute Gasteiger partial charge is 0.497 e. The number of amides is 1. The smallest absolute Gasteiger partial charge is 0.319 e. The molecule has 0 radical (unpaired) electrons. The topological polar surface area (TPSA) is 72.3 Å². The fourth-order valence-corrected chi connectivity index (χ4v) is 4.80. The van der Waals surface area contributed by atoms with Gasteiger partial charge in [0.25, 0.3) is 5.91 Å². The summed E-state index contributed by atoms with van der Waals surface area (Å²) in [4.78, 5) is 24.2. The summed E-state index contributed by atoms with van der Waals surface area (Å²) >= 11 is 0. The Hall–Kier alpha value is -3.93. The van der Waals surface area contributed by atoms with Crippen molar-refractivity contribution >= 4 is 17.5 Å². The van der Waals surface area contributed by atoms with Crippen molar-refractivity contribution in [2.45, 2.75) is 32.4 Å². The number of hydrogen-bond donors (Lipinski definition) is 1. The Labute approximate surface area is 193 Å². The highest BCUT2D eigenvalue weighted by Crippen LogP contribution is 2.45. The van der Waals surface area contributed by atoms with Crippen LogP contribution in [-0.4, -0.2) is 30.3 Å². The number of amidine groups is 1. The number of rotatable bonds is 4. The Balaban J connectivity index is 1.68. The van der Waals surface area contributed by atoms with Crippen LogP contribution < -0.4 is 10.1 Å². The van der Waals surface area contributed by atoms with Gasteiger partial charge in [0.05, 0.1) is 7.11 Å². The minimum absolute atomic E-state index is 0.330. The van der Waals surface area contributed by atoms with Gasteiger partial charge in [0.15, 0.2) is 0 Å². The second kappa shape index (κ2) is 7.89. The molecular formula is C27H25N3O3. The second-order valence-electron chi connectivity index (χ2n) is 8.52. The molecule has 0 aromatic heterocycles. The summed E-state index contributed by atoms with van der Waals surface area (Å²) in [5.41, 5.74) is 5.19. The summed E-state index contributed by atoms with van der Waals surface area (Å²) in [7, 11) is 1.63. The van der Waals surface area contributed by atoms with Gasteiger partial charge in [-0.2, -0.15) is 0 Å². The van der Waals surface area contributed by atoms with Crippen LogP contribution in [0.4, 0.5) is 0 Å². The number of ether oxygens (including phenoxy) is 1. The molecule has 0 saturated carbocycles. The zero-order valence-corrected chi connectivity index (χ0v) is 19.0. The van der Waals surface area contributed by atoms with Crippen molar-refractivity contribution in [1.82, 2.24) is 5.32 Å². The monoisotopic (exact) mass is 439 g/mol. The van der Waals surface area contributed by atoms with Gasteiger partial charge in [-0.15, -0.1) is 0 Å². The Bertz CT molecular complexity index is 1270. The first kappa shape index (κ1) is 20.9. The number of nitrogens with zero attached hydrogens (tertiary/aromatic N) is 2. The molecule has 1 N–H and O–H groups in total. The molecule has 0 unspecified atom stereocenters. The number of nitrogens with one attached hydrogen (secondary N) is 1. The number of hydrogen-bond acceptors (Lipinski definition) is 5. The van der Waals surface area contributed by atoms with Crippen LogP contribution in [0.5, 0.6) is 5.75 Å². The van der Waals surface area contributed by atoms with Crippen molar-refractivity contribution in [3.8, 4) is 5.75 Å². The molecule has 1 spiro atoms. The van der Waals surface area contributed by atoms with E-state index < -0.39 is 11.6 Å². The van der Waals surface area contributed by atoms with Gasteiger partial charge in [-0.1, -0.05) is 65.3 Å². The zero-order chi connectivity index (χ0) is 23.2. The molecule has 0 fully saturated rings. The van der Waals surface area contributed by atoms with Crippen LogP contribution in [0.15, 0.2) is 76.9 Å². The van der Waals surface area contributed by atoms with Gasteiger partial charge in [-0.05, 0) is 49.6 Å². The van der Waals surface area contributed by atoms with Crippen LogP contribution in [0.1, 0.15) is 39.3 Å². The molecule has 166 valence electrons. The lowest BCUT2D eigenvalue weighted by Crippen LogP contribution is -2.45. The first-order valence-corrected chi connectivity index (χ1v) is 10.9. The van der Waals surface area contributed by atoms with Crippen molar-refractivity contribution in [3.05, 3.63) is 100 Å². The van der Waals surface area contributed by atoms with Crippen molar-refractivity contribution in [2.24, 2.45) is 10.1 Å². The molecular weight excluding hydrogens is 414 g/mol. The van der Waals surface area contributed by atoms with Crippen molar-refractivity contribution in [2.75, 3.05) is 7.11 Å². The average Bonchev–Trinajstić information content (AvgIpc) is 3.34. The standard InChI is InChI=1S/C27H25N3O3/c1-16-14-17(2)22(18(3)15-16)24-23(19-10-12-21(32-4)13-11-19)27(33-30-24)26(31)28-25(29-27)20-8-6-5-7-9-20/h5-15,23H,1-4H3,(H,28,29,31)/t23-,27-/m1/s1. The number of aryl methyl sites for hydroxylation is 3. The number of aliphatic imine (C=N–C) groups is 1. The normalized spacial score (nSPS) is 21.5. The van der Waals surface area contributed by atoms with E-state index in [0.29, 0.717) is 11.5 Å². The summed E-state index contributed by atoms with van der Waals surface area (Å²) in [5.74, 6) is 0.359. The third-order valence-corrected chi connectivity index (χ3v) is 6.21. The van der Waals surface area contributed by atoms with Gasteiger partial charge < -0.3 is 14.9 Å². The van der Waals surface area contributed by atoms with Crippen LogP contribution in [0.2, 0.25) is 0 Å². The fourth-order valence-electron chi connectivity index (χ4n) is 4.80. The lowest BCUT2D eigenvalue weighted by Gasteiger charge is -2.25. The molecule has 1 amide bonds. The van der Waals surface area contributed by atoms with Gasteiger partial charge >= 0.3 is 5.72 Å². The SMILES string of the molecule is COc1ccc([C@@H]2C(c3c(C)cc(C)cc3C)=NO[C@]23N=C(c2ccccc2)NC3=O)cc1. The summed E-state index contributed by atoms with van der Waals surface area (Å²) in [6.45, 7) is 6.18. The molecule has 2 atom stereocenters. The van der Waals surface area contributed by atoms with Crippen LogP contribution in [0.25, 0.3) is 0 Å². The van der Waals surface area contributed by atoms with E-state index in [1.54, 1.807) is 7.11 Å². The van der Waals surface area contributed by atoms with Gasteiger partial charge in [-0.3, -0.25) is 4.79 Å². The van der Waals surface area contributed by atoms with Gasteiger partial charge in [0.2, 0.25) is 0 Å². The van der Waals surface area contributed by atoms with Gasteiger partial charge in [0.1, 0.15) is 23.2 Å².